The van der Waals surface area contributed by atoms with Gasteiger partial charge in [-0.1, -0.05) is 0 Å². The molecular formula is C14H25Cl2N3O2S. The third-order valence-corrected chi connectivity index (χ3v) is 4.55. The van der Waals surface area contributed by atoms with Crippen LogP contribution in [0.4, 0.5) is 0 Å². The molecule has 0 bridgehead atoms. The van der Waals surface area contributed by atoms with E-state index in [0.717, 1.165) is 0 Å². The number of nitrogens with zero attached hydrogens (tertiary/aromatic N) is 1. The molecule has 128 valence electrons. The summed E-state index contributed by atoms with van der Waals surface area (Å²) in [5.74, 6) is -0.0668. The van der Waals surface area contributed by atoms with Crippen LogP contribution in [-0.2, 0) is 9.53 Å². The maximum Gasteiger partial charge on any atom is 0.240 e. The van der Waals surface area contributed by atoms with Gasteiger partial charge in [0.1, 0.15) is 0 Å². The van der Waals surface area contributed by atoms with Crippen molar-refractivity contribution in [1.29, 1.82) is 0 Å². The van der Waals surface area contributed by atoms with E-state index in [1.54, 1.807) is 11.3 Å². The Bertz CT molecular complexity index is 437. The highest BCUT2D eigenvalue weighted by atomic mass is 35.5. The van der Waals surface area contributed by atoms with E-state index in [-0.39, 0.29) is 36.8 Å². The van der Waals surface area contributed by atoms with E-state index >= 15 is 0 Å². The molecule has 0 saturated carbocycles. The highest BCUT2D eigenvalue weighted by Gasteiger charge is 2.36. The van der Waals surface area contributed by atoms with E-state index in [1.165, 1.54) is 5.56 Å². The van der Waals surface area contributed by atoms with Crippen molar-refractivity contribution in [1.82, 2.24) is 10.2 Å². The van der Waals surface area contributed by atoms with E-state index in [4.69, 9.17) is 10.5 Å². The van der Waals surface area contributed by atoms with Crippen molar-refractivity contribution >= 4 is 42.1 Å². The van der Waals surface area contributed by atoms with Crippen molar-refractivity contribution in [3.8, 4) is 0 Å². The highest BCUT2D eigenvalue weighted by molar-refractivity contribution is 7.07. The molecule has 1 unspecified atom stereocenters. The minimum absolute atomic E-state index is 0. The first-order valence-electron chi connectivity index (χ1n) is 6.86. The van der Waals surface area contributed by atoms with Crippen LogP contribution in [0.15, 0.2) is 16.8 Å². The average molecular weight is 370 g/mol. The molecule has 8 heteroatoms. The first-order valence-corrected chi connectivity index (χ1v) is 7.81. The summed E-state index contributed by atoms with van der Waals surface area (Å²) >= 11 is 1.67. The van der Waals surface area contributed by atoms with Crippen LogP contribution < -0.4 is 11.1 Å². The van der Waals surface area contributed by atoms with E-state index in [1.807, 2.05) is 14.1 Å². The minimum atomic E-state index is -0.774. The molecule has 1 aliphatic heterocycles. The lowest BCUT2D eigenvalue weighted by Crippen LogP contribution is -2.57. The molecule has 1 aliphatic rings. The Kier molecular flexibility index (Phi) is 9.54. The zero-order chi connectivity index (χ0) is 14.6. The Morgan fingerprint density at radius 3 is 2.59 bits per heavy atom. The summed E-state index contributed by atoms with van der Waals surface area (Å²) < 4.78 is 5.27. The standard InChI is InChI=1S/C14H23N3O2S.2ClH/c1-17(2)12(11-3-8-20-10-11)9-16-13(18)14(15)4-6-19-7-5-14;;/h3,8,10,12H,4-7,9,15H2,1-2H3,(H,16,18);2*1H. The molecule has 1 amide bonds. The van der Waals surface area contributed by atoms with Gasteiger partial charge in [-0.05, 0) is 49.3 Å². The number of ether oxygens (including phenoxy) is 1. The first-order chi connectivity index (χ1) is 9.53. The van der Waals surface area contributed by atoms with Gasteiger partial charge in [-0.15, -0.1) is 24.8 Å². The Morgan fingerprint density at radius 2 is 2.09 bits per heavy atom. The lowest BCUT2D eigenvalue weighted by molar-refractivity contribution is -0.130. The van der Waals surface area contributed by atoms with Crippen LogP contribution in [0.3, 0.4) is 0 Å². The molecule has 0 aromatic carbocycles. The van der Waals surface area contributed by atoms with Crippen molar-refractivity contribution in [2.75, 3.05) is 33.9 Å². The SMILES string of the molecule is CN(C)C(CNC(=O)C1(N)CCOCC1)c1ccsc1.Cl.Cl. The zero-order valence-corrected chi connectivity index (χ0v) is 15.4. The van der Waals surface area contributed by atoms with Crippen LogP contribution >= 0.6 is 36.2 Å². The maximum absolute atomic E-state index is 12.3. The van der Waals surface area contributed by atoms with Crippen molar-refractivity contribution in [3.05, 3.63) is 22.4 Å². The molecular weight excluding hydrogens is 345 g/mol. The third-order valence-electron chi connectivity index (χ3n) is 3.84. The smallest absolute Gasteiger partial charge is 0.240 e. The molecule has 2 heterocycles. The average Bonchev–Trinajstić information content (AvgIpc) is 2.93. The fourth-order valence-corrected chi connectivity index (χ4v) is 3.10. The van der Waals surface area contributed by atoms with E-state index in [9.17, 15) is 4.79 Å². The van der Waals surface area contributed by atoms with E-state index in [2.05, 4.69) is 27.0 Å². The molecule has 22 heavy (non-hydrogen) atoms. The van der Waals surface area contributed by atoms with Crippen LogP contribution in [-0.4, -0.2) is 50.2 Å². The zero-order valence-electron chi connectivity index (χ0n) is 12.9. The maximum atomic E-state index is 12.3. The van der Waals surface area contributed by atoms with Crippen LogP contribution in [0.1, 0.15) is 24.4 Å². The number of thiophene rings is 1. The van der Waals surface area contributed by atoms with Gasteiger partial charge in [-0.2, -0.15) is 11.3 Å². The molecule has 0 radical (unpaired) electrons. The van der Waals surface area contributed by atoms with Crippen molar-refractivity contribution in [2.45, 2.75) is 24.4 Å². The van der Waals surface area contributed by atoms with Crippen molar-refractivity contribution < 1.29 is 9.53 Å². The number of amides is 1. The van der Waals surface area contributed by atoms with E-state index < -0.39 is 5.54 Å². The van der Waals surface area contributed by atoms with E-state index in [0.29, 0.717) is 32.6 Å². The number of carbonyl (C=O) groups excluding carboxylic acids is 1. The Hall–Kier alpha value is -0.370. The summed E-state index contributed by atoms with van der Waals surface area (Å²) in [4.78, 5) is 14.4. The predicted octanol–water partition coefficient (Wildman–Crippen LogP) is 1.82. The number of carbonyl (C=O) groups is 1. The number of nitrogens with two attached hydrogens (primary N) is 1. The van der Waals surface area contributed by atoms with Crippen LogP contribution in [0.25, 0.3) is 0 Å². The van der Waals surface area contributed by atoms with Gasteiger partial charge in [0, 0.05) is 19.8 Å². The van der Waals surface area contributed by atoms with Gasteiger partial charge in [-0.3, -0.25) is 4.79 Å². The second kappa shape index (κ2) is 9.70. The Morgan fingerprint density at radius 1 is 1.45 bits per heavy atom. The molecule has 2 rings (SSSR count). The predicted molar refractivity (Wildman–Crippen MR) is 95.2 cm³/mol. The first kappa shape index (κ1) is 21.6. The normalized spacial score (nSPS) is 18.0. The van der Waals surface area contributed by atoms with Gasteiger partial charge in [0.25, 0.3) is 0 Å². The number of likely N-dealkylation sites (N-methyl/N-ethyl adjacent to an activating group) is 1. The monoisotopic (exact) mass is 369 g/mol. The summed E-state index contributed by atoms with van der Waals surface area (Å²) in [6, 6.07) is 2.27. The summed E-state index contributed by atoms with van der Waals surface area (Å²) in [6.45, 7) is 1.69. The lowest BCUT2D eigenvalue weighted by Gasteiger charge is -2.33. The molecule has 5 nitrogen and oxygen atoms in total. The number of nitrogens with one attached hydrogen (secondary N) is 1. The number of rotatable bonds is 5. The molecule has 1 saturated heterocycles. The minimum Gasteiger partial charge on any atom is -0.381 e. The topological polar surface area (TPSA) is 67.6 Å². The summed E-state index contributed by atoms with van der Waals surface area (Å²) in [5, 5.41) is 7.17. The molecule has 1 fully saturated rings. The quantitative estimate of drug-likeness (QED) is 0.830. The van der Waals surface area contributed by atoms with Gasteiger partial charge in [0.15, 0.2) is 0 Å². The summed E-state index contributed by atoms with van der Waals surface area (Å²) in [6.07, 6.45) is 1.17. The molecule has 1 aromatic rings. The highest BCUT2D eigenvalue weighted by Crippen LogP contribution is 2.21. The lowest BCUT2D eigenvalue weighted by atomic mass is 9.90. The number of hydrogen-bond donors (Lipinski definition) is 2. The second-order valence-corrected chi connectivity index (χ2v) is 6.29. The van der Waals surface area contributed by atoms with Crippen molar-refractivity contribution in [3.63, 3.8) is 0 Å². The Labute approximate surface area is 148 Å². The van der Waals surface area contributed by atoms with Crippen LogP contribution in [0.5, 0.6) is 0 Å². The summed E-state index contributed by atoms with van der Waals surface area (Å²) in [7, 11) is 4.03. The molecule has 1 aromatic heterocycles. The van der Waals surface area contributed by atoms with Crippen LogP contribution in [0, 0.1) is 0 Å². The van der Waals surface area contributed by atoms with Crippen molar-refractivity contribution in [2.24, 2.45) is 5.73 Å². The molecule has 0 aliphatic carbocycles. The van der Waals surface area contributed by atoms with Gasteiger partial charge in [0.05, 0.1) is 11.6 Å². The molecule has 1 atom stereocenters. The summed E-state index contributed by atoms with van der Waals surface area (Å²) in [5.41, 5.74) is 6.63. The fraction of sp³-hybridized carbons (Fsp3) is 0.643. The largest absolute Gasteiger partial charge is 0.381 e. The van der Waals surface area contributed by atoms with Gasteiger partial charge in [0.2, 0.25) is 5.91 Å². The van der Waals surface area contributed by atoms with Gasteiger partial charge in [-0.25, -0.2) is 0 Å². The number of halogens is 2. The third kappa shape index (κ3) is 5.37. The fourth-order valence-electron chi connectivity index (χ4n) is 2.39. The Balaban J connectivity index is 0.00000220. The molecule has 3 N–H and O–H groups in total. The van der Waals surface area contributed by atoms with Gasteiger partial charge < -0.3 is 20.7 Å². The van der Waals surface area contributed by atoms with Crippen LogP contribution in [0.2, 0.25) is 0 Å². The molecule has 0 spiro atoms. The van der Waals surface area contributed by atoms with Gasteiger partial charge >= 0.3 is 0 Å². The second-order valence-electron chi connectivity index (χ2n) is 5.51. The number of hydrogen-bond acceptors (Lipinski definition) is 5.